The van der Waals surface area contributed by atoms with Crippen molar-refractivity contribution in [2.45, 2.75) is 12.6 Å². The number of hydrogen-bond acceptors (Lipinski definition) is 3. The van der Waals surface area contributed by atoms with Crippen molar-refractivity contribution >= 4 is 28.9 Å². The van der Waals surface area contributed by atoms with Gasteiger partial charge in [-0.3, -0.25) is 0 Å². The molecule has 0 fully saturated rings. The van der Waals surface area contributed by atoms with E-state index >= 15 is 0 Å². The summed E-state index contributed by atoms with van der Waals surface area (Å²) in [5.74, 6) is 1.70. The van der Waals surface area contributed by atoms with Gasteiger partial charge in [0, 0.05) is 31.0 Å². The second-order valence-corrected chi connectivity index (χ2v) is 6.90. The molecule has 1 atom stereocenters. The number of ether oxygens (including phenoxy) is 1. The van der Waals surface area contributed by atoms with Crippen molar-refractivity contribution < 1.29 is 4.74 Å². The Kier molecular flexibility index (Phi) is 6.32. The Hall–Kier alpha value is -2.57. The second-order valence-electron chi connectivity index (χ2n) is 6.06. The number of halogens is 1. The smallest absolute Gasteiger partial charge is 0.167 e. The number of nitrogens with zero attached hydrogens (tertiary/aromatic N) is 2. The molecule has 1 heterocycles. The Morgan fingerprint density at radius 1 is 1.19 bits per heavy atom. The van der Waals surface area contributed by atoms with Gasteiger partial charge < -0.3 is 19.9 Å². The van der Waals surface area contributed by atoms with Crippen LogP contribution in [0.15, 0.2) is 60.9 Å². The molecule has 1 aromatic heterocycles. The highest BCUT2D eigenvalue weighted by Gasteiger charge is 2.19. The summed E-state index contributed by atoms with van der Waals surface area (Å²) in [6.07, 6.45) is 3.68. The molecule has 5 nitrogen and oxygen atoms in total. The second kappa shape index (κ2) is 8.88. The first-order valence-corrected chi connectivity index (χ1v) is 9.25. The zero-order chi connectivity index (χ0) is 19.2. The van der Waals surface area contributed by atoms with Gasteiger partial charge in [-0.05, 0) is 47.6 Å². The maximum Gasteiger partial charge on any atom is 0.167 e. The molecule has 0 saturated carbocycles. The largest absolute Gasteiger partial charge is 0.497 e. The fourth-order valence-electron chi connectivity index (χ4n) is 2.72. The molecule has 7 heteroatoms. The zero-order valence-corrected chi connectivity index (χ0v) is 16.7. The summed E-state index contributed by atoms with van der Waals surface area (Å²) in [7, 11) is 3.61. The van der Waals surface area contributed by atoms with E-state index in [0.717, 1.165) is 22.7 Å². The van der Waals surface area contributed by atoms with Gasteiger partial charge in [0.1, 0.15) is 17.6 Å². The lowest BCUT2D eigenvalue weighted by molar-refractivity contribution is 0.414. The van der Waals surface area contributed by atoms with Gasteiger partial charge in [-0.25, -0.2) is 4.98 Å². The third-order valence-corrected chi connectivity index (χ3v) is 4.72. The Morgan fingerprint density at radius 2 is 1.89 bits per heavy atom. The van der Waals surface area contributed by atoms with Crippen LogP contribution < -0.4 is 15.4 Å². The molecule has 2 N–H and O–H groups in total. The van der Waals surface area contributed by atoms with Gasteiger partial charge in [-0.2, -0.15) is 0 Å². The van der Waals surface area contributed by atoms with Crippen LogP contribution in [0.4, 0.5) is 0 Å². The molecule has 27 heavy (non-hydrogen) atoms. The molecule has 0 aliphatic heterocycles. The summed E-state index contributed by atoms with van der Waals surface area (Å²) in [5.41, 5.74) is 2.14. The lowest BCUT2D eigenvalue weighted by atomic mass is 10.1. The van der Waals surface area contributed by atoms with E-state index in [1.807, 2.05) is 66.3 Å². The normalized spacial score (nSPS) is 11.7. The topological polar surface area (TPSA) is 51.1 Å². The molecular formula is C20H21ClN4OS. The number of benzene rings is 2. The van der Waals surface area contributed by atoms with E-state index in [-0.39, 0.29) is 6.04 Å². The van der Waals surface area contributed by atoms with E-state index in [2.05, 4.69) is 15.6 Å². The van der Waals surface area contributed by atoms with E-state index in [9.17, 15) is 0 Å². The van der Waals surface area contributed by atoms with E-state index in [0.29, 0.717) is 16.7 Å². The Labute approximate surface area is 169 Å². The number of aryl methyl sites for hydroxylation is 1. The van der Waals surface area contributed by atoms with Gasteiger partial charge >= 0.3 is 0 Å². The van der Waals surface area contributed by atoms with E-state index < -0.39 is 0 Å². The van der Waals surface area contributed by atoms with Crippen molar-refractivity contribution in [1.82, 2.24) is 20.2 Å². The molecule has 0 saturated heterocycles. The van der Waals surface area contributed by atoms with Crippen molar-refractivity contribution in [2.75, 3.05) is 7.11 Å². The predicted octanol–water partition coefficient (Wildman–Crippen LogP) is 3.84. The lowest BCUT2D eigenvalue weighted by Crippen LogP contribution is -2.38. The number of hydrogen-bond donors (Lipinski definition) is 2. The van der Waals surface area contributed by atoms with Crippen molar-refractivity contribution in [3.05, 3.63) is 82.9 Å². The average molecular weight is 401 g/mol. The van der Waals surface area contributed by atoms with Crippen molar-refractivity contribution in [1.29, 1.82) is 0 Å². The first kappa shape index (κ1) is 19.2. The SMILES string of the molecule is COc1ccc(CNC(=S)N[C@H](c2ccc(Cl)cc2)c2nccn2C)cc1. The standard InChI is InChI=1S/C20H21ClN4OS/c1-25-12-11-22-19(25)18(15-5-7-16(21)8-6-15)24-20(27)23-13-14-3-9-17(26-2)10-4-14/h3-12,18H,13H2,1-2H3,(H2,23,24,27)/t18-/m1/s1. The highest BCUT2D eigenvalue weighted by Crippen LogP contribution is 2.22. The van der Waals surface area contributed by atoms with Gasteiger partial charge in [0.15, 0.2) is 5.11 Å². The minimum atomic E-state index is -0.182. The van der Waals surface area contributed by atoms with Crippen LogP contribution in [0, 0.1) is 0 Å². The number of methoxy groups -OCH3 is 1. The molecule has 3 rings (SSSR count). The number of imidazole rings is 1. The molecule has 0 aliphatic carbocycles. The molecule has 0 spiro atoms. The summed E-state index contributed by atoms with van der Waals surface area (Å²) in [6.45, 7) is 0.615. The molecule has 140 valence electrons. The summed E-state index contributed by atoms with van der Waals surface area (Å²) < 4.78 is 7.15. The number of rotatable bonds is 6. The zero-order valence-electron chi connectivity index (χ0n) is 15.1. The van der Waals surface area contributed by atoms with Crippen molar-refractivity contribution in [3.8, 4) is 5.75 Å². The molecule has 2 aromatic carbocycles. The molecular weight excluding hydrogens is 380 g/mol. The van der Waals surface area contributed by atoms with Gasteiger partial charge in [0.2, 0.25) is 0 Å². The van der Waals surface area contributed by atoms with Gasteiger partial charge in [-0.15, -0.1) is 0 Å². The Bertz CT molecular complexity index is 893. The molecule has 0 bridgehead atoms. The van der Waals surface area contributed by atoms with E-state index in [1.54, 1.807) is 13.3 Å². The monoisotopic (exact) mass is 400 g/mol. The predicted molar refractivity (Wildman–Crippen MR) is 112 cm³/mol. The Morgan fingerprint density at radius 3 is 2.48 bits per heavy atom. The highest BCUT2D eigenvalue weighted by molar-refractivity contribution is 7.80. The molecule has 3 aromatic rings. The molecule has 0 aliphatic rings. The van der Waals surface area contributed by atoms with Crippen LogP contribution in [0.3, 0.4) is 0 Å². The number of aromatic nitrogens is 2. The number of nitrogens with one attached hydrogen (secondary N) is 2. The summed E-state index contributed by atoms with van der Waals surface area (Å²) >= 11 is 11.5. The first-order valence-electron chi connectivity index (χ1n) is 8.47. The minimum absolute atomic E-state index is 0.182. The van der Waals surface area contributed by atoms with Crippen LogP contribution in [0.25, 0.3) is 0 Å². The Balaban J connectivity index is 1.70. The van der Waals surface area contributed by atoms with Crippen LogP contribution in [-0.2, 0) is 13.6 Å². The van der Waals surface area contributed by atoms with Crippen LogP contribution in [0.5, 0.6) is 5.75 Å². The van der Waals surface area contributed by atoms with Crippen molar-refractivity contribution in [3.63, 3.8) is 0 Å². The lowest BCUT2D eigenvalue weighted by Gasteiger charge is -2.21. The van der Waals surface area contributed by atoms with Crippen LogP contribution in [0.1, 0.15) is 23.0 Å². The van der Waals surface area contributed by atoms with Gasteiger partial charge in [0.25, 0.3) is 0 Å². The van der Waals surface area contributed by atoms with Crippen LogP contribution in [-0.4, -0.2) is 21.8 Å². The summed E-state index contributed by atoms with van der Waals surface area (Å²) in [5, 5.41) is 7.85. The minimum Gasteiger partial charge on any atom is -0.497 e. The average Bonchev–Trinajstić information content (AvgIpc) is 3.11. The van der Waals surface area contributed by atoms with Crippen LogP contribution >= 0.6 is 23.8 Å². The van der Waals surface area contributed by atoms with E-state index in [1.165, 1.54) is 0 Å². The molecule has 0 radical (unpaired) electrons. The van der Waals surface area contributed by atoms with Gasteiger partial charge in [-0.1, -0.05) is 35.9 Å². The third kappa shape index (κ3) is 4.99. The van der Waals surface area contributed by atoms with Crippen molar-refractivity contribution in [2.24, 2.45) is 7.05 Å². The van der Waals surface area contributed by atoms with Gasteiger partial charge in [0.05, 0.1) is 7.11 Å². The maximum absolute atomic E-state index is 6.03. The first-order chi connectivity index (χ1) is 13.1. The highest BCUT2D eigenvalue weighted by atomic mass is 35.5. The fourth-order valence-corrected chi connectivity index (χ4v) is 3.03. The molecule has 0 amide bonds. The maximum atomic E-state index is 6.03. The van der Waals surface area contributed by atoms with E-state index in [4.69, 9.17) is 28.6 Å². The summed E-state index contributed by atoms with van der Waals surface area (Å²) in [6, 6.07) is 15.4. The summed E-state index contributed by atoms with van der Waals surface area (Å²) in [4.78, 5) is 4.47. The molecule has 0 unspecified atom stereocenters. The quantitative estimate of drug-likeness (QED) is 0.616. The third-order valence-electron chi connectivity index (χ3n) is 4.21. The number of thiocarbonyl (C=S) groups is 1. The fraction of sp³-hybridized carbons (Fsp3) is 0.200. The van der Waals surface area contributed by atoms with Crippen LogP contribution in [0.2, 0.25) is 5.02 Å².